The van der Waals surface area contributed by atoms with Crippen LogP contribution in [0, 0.1) is 0 Å². The van der Waals surface area contributed by atoms with Crippen LogP contribution < -0.4 is 0 Å². The molecule has 0 aliphatic rings. The fourth-order valence-corrected chi connectivity index (χ4v) is 3.78. The third kappa shape index (κ3) is 3.04. The molecule has 5 heterocycles. The molecule has 9 heteroatoms. The van der Waals surface area contributed by atoms with Gasteiger partial charge in [-0.25, -0.2) is 4.98 Å². The molecule has 0 spiro atoms. The monoisotopic (exact) mass is 422 g/mol. The van der Waals surface area contributed by atoms with Gasteiger partial charge in [0, 0.05) is 46.7 Å². The molecule has 0 aliphatic heterocycles. The number of hydrogen-bond acceptors (Lipinski definition) is 4. The molecule has 0 aromatic carbocycles. The van der Waals surface area contributed by atoms with Gasteiger partial charge in [-0.3, -0.25) is 19.6 Å². The Morgan fingerprint density at radius 2 is 1.52 bits per heavy atom. The predicted octanol–water partition coefficient (Wildman–Crippen LogP) is 5.04. The fourth-order valence-electron chi connectivity index (χ4n) is 3.78. The van der Waals surface area contributed by atoms with Gasteiger partial charge in [-0.05, 0) is 44.2 Å². The van der Waals surface area contributed by atoms with Crippen LogP contribution in [0.25, 0.3) is 27.6 Å². The highest BCUT2D eigenvalue weighted by molar-refractivity contribution is 6.08. The lowest BCUT2D eigenvalue weighted by molar-refractivity contribution is -0.141. The van der Waals surface area contributed by atoms with Crippen LogP contribution in [-0.2, 0) is 11.6 Å². The van der Waals surface area contributed by atoms with Crippen LogP contribution in [-0.4, -0.2) is 29.7 Å². The van der Waals surface area contributed by atoms with E-state index in [9.17, 15) is 13.2 Å². The van der Waals surface area contributed by atoms with Gasteiger partial charge >= 0.3 is 6.18 Å². The number of aromatic nitrogens is 6. The Kier molecular flexibility index (Phi) is 4.11. The van der Waals surface area contributed by atoms with Crippen LogP contribution in [0.3, 0.4) is 0 Å². The molecule has 0 atom stereocenters. The molecule has 0 radical (unpaired) electrons. The van der Waals surface area contributed by atoms with E-state index in [2.05, 4.69) is 20.2 Å². The second kappa shape index (κ2) is 6.63. The number of nitrogens with one attached hydrogen (secondary N) is 1. The van der Waals surface area contributed by atoms with Crippen molar-refractivity contribution < 1.29 is 13.2 Å². The van der Waals surface area contributed by atoms with Crippen LogP contribution >= 0.6 is 0 Å². The number of rotatable bonds is 3. The van der Waals surface area contributed by atoms with Gasteiger partial charge in [0.15, 0.2) is 5.69 Å². The first-order valence-electron chi connectivity index (χ1n) is 9.56. The largest absolute Gasteiger partial charge is 0.435 e. The lowest BCUT2D eigenvalue weighted by Gasteiger charge is -2.23. The van der Waals surface area contributed by atoms with Gasteiger partial charge in [-0.2, -0.15) is 18.3 Å². The Hall–Kier alpha value is -3.75. The maximum Gasteiger partial charge on any atom is 0.435 e. The number of H-pyrrole nitrogens is 1. The normalized spacial score (nSPS) is 12.7. The second-order valence-electron chi connectivity index (χ2n) is 7.79. The highest BCUT2D eigenvalue weighted by Crippen LogP contribution is 2.35. The summed E-state index contributed by atoms with van der Waals surface area (Å²) in [6, 6.07) is 10.4. The van der Waals surface area contributed by atoms with E-state index in [0.717, 1.165) is 27.9 Å². The smallest absolute Gasteiger partial charge is 0.294 e. The summed E-state index contributed by atoms with van der Waals surface area (Å²) in [7, 11) is 0. The lowest BCUT2D eigenvalue weighted by Crippen LogP contribution is -2.22. The van der Waals surface area contributed by atoms with Crippen molar-refractivity contribution in [1.29, 1.82) is 0 Å². The molecule has 0 saturated carbocycles. The SMILES string of the molecule is CC(C)(c1cccc(-n2c3ccncc3c3cnccc32)n1)c1cc(C(F)(F)F)n[nH]1. The summed E-state index contributed by atoms with van der Waals surface area (Å²) < 4.78 is 41.1. The Bertz CT molecular complexity index is 1360. The first-order chi connectivity index (χ1) is 14.8. The van der Waals surface area contributed by atoms with Gasteiger partial charge in [0.1, 0.15) is 5.82 Å². The van der Waals surface area contributed by atoms with Gasteiger partial charge in [0.25, 0.3) is 0 Å². The van der Waals surface area contributed by atoms with E-state index < -0.39 is 17.3 Å². The van der Waals surface area contributed by atoms with E-state index in [-0.39, 0.29) is 0 Å². The van der Waals surface area contributed by atoms with Crippen LogP contribution in [0.4, 0.5) is 13.2 Å². The molecule has 5 rings (SSSR count). The molecule has 31 heavy (non-hydrogen) atoms. The Labute approximate surface area is 174 Å². The second-order valence-corrected chi connectivity index (χ2v) is 7.79. The Morgan fingerprint density at radius 3 is 2.10 bits per heavy atom. The molecular weight excluding hydrogens is 405 g/mol. The molecule has 0 amide bonds. The number of halogens is 3. The van der Waals surface area contributed by atoms with E-state index >= 15 is 0 Å². The van der Waals surface area contributed by atoms with Gasteiger partial charge in [-0.1, -0.05) is 6.07 Å². The van der Waals surface area contributed by atoms with Crippen molar-refractivity contribution in [2.45, 2.75) is 25.4 Å². The zero-order chi connectivity index (χ0) is 21.8. The average molecular weight is 422 g/mol. The third-order valence-electron chi connectivity index (χ3n) is 5.51. The zero-order valence-electron chi connectivity index (χ0n) is 16.6. The number of fused-ring (bicyclic) bond motifs is 3. The number of alkyl halides is 3. The van der Waals surface area contributed by atoms with E-state index in [4.69, 9.17) is 4.98 Å². The molecule has 0 saturated heterocycles. The Morgan fingerprint density at radius 1 is 0.871 bits per heavy atom. The summed E-state index contributed by atoms with van der Waals surface area (Å²) in [4.78, 5) is 13.3. The van der Waals surface area contributed by atoms with Crippen molar-refractivity contribution in [3.63, 3.8) is 0 Å². The van der Waals surface area contributed by atoms with E-state index in [1.165, 1.54) is 0 Å². The van der Waals surface area contributed by atoms with Crippen molar-refractivity contribution >= 4 is 21.8 Å². The molecule has 156 valence electrons. The van der Waals surface area contributed by atoms with Gasteiger partial charge in [0.2, 0.25) is 0 Å². The zero-order valence-corrected chi connectivity index (χ0v) is 16.6. The average Bonchev–Trinajstić information content (AvgIpc) is 3.38. The quantitative estimate of drug-likeness (QED) is 0.442. The van der Waals surface area contributed by atoms with Crippen LogP contribution in [0.5, 0.6) is 0 Å². The van der Waals surface area contributed by atoms with E-state index in [0.29, 0.717) is 17.2 Å². The molecule has 5 aromatic heterocycles. The molecule has 0 unspecified atom stereocenters. The van der Waals surface area contributed by atoms with Gasteiger partial charge in [-0.15, -0.1) is 0 Å². The summed E-state index contributed by atoms with van der Waals surface area (Å²) in [5.41, 5.74) is 1.01. The summed E-state index contributed by atoms with van der Waals surface area (Å²) in [6.07, 6.45) is 2.48. The van der Waals surface area contributed by atoms with Crippen molar-refractivity contribution in [1.82, 2.24) is 29.7 Å². The first kappa shape index (κ1) is 19.2. The minimum absolute atomic E-state index is 0.333. The summed E-state index contributed by atoms with van der Waals surface area (Å²) in [6.45, 7) is 3.62. The predicted molar refractivity (Wildman–Crippen MR) is 110 cm³/mol. The van der Waals surface area contributed by atoms with Crippen molar-refractivity contribution in [2.75, 3.05) is 0 Å². The highest BCUT2D eigenvalue weighted by atomic mass is 19.4. The molecule has 6 nitrogen and oxygen atoms in total. The molecule has 0 bridgehead atoms. The minimum Gasteiger partial charge on any atom is -0.294 e. The van der Waals surface area contributed by atoms with Crippen molar-refractivity contribution in [3.05, 3.63) is 78.3 Å². The van der Waals surface area contributed by atoms with E-state index in [1.807, 2.05) is 42.7 Å². The summed E-state index contributed by atoms with van der Waals surface area (Å²) in [5, 5.41) is 7.86. The van der Waals surface area contributed by atoms with Gasteiger partial charge < -0.3 is 0 Å². The first-order valence-corrected chi connectivity index (χ1v) is 9.56. The maximum absolute atomic E-state index is 13.0. The highest BCUT2D eigenvalue weighted by Gasteiger charge is 2.36. The molecule has 5 aromatic rings. The van der Waals surface area contributed by atoms with Crippen LogP contribution in [0.15, 0.2) is 61.2 Å². The van der Waals surface area contributed by atoms with E-state index in [1.54, 1.807) is 30.9 Å². The number of aromatic amines is 1. The van der Waals surface area contributed by atoms with Crippen molar-refractivity contribution in [3.8, 4) is 5.82 Å². The third-order valence-corrected chi connectivity index (χ3v) is 5.51. The minimum atomic E-state index is -4.51. The number of nitrogens with zero attached hydrogens (tertiary/aromatic N) is 5. The molecular formula is C22H17F3N6. The summed E-state index contributed by atoms with van der Waals surface area (Å²) in [5.74, 6) is 0.651. The standard InChI is InChI=1S/C22H17F3N6/c1-21(2,18-10-19(30-29-18)22(23,24)25)17-4-3-5-20(28-17)31-15-6-8-26-11-13(15)14-12-27-9-7-16(14)31/h3-12H,1-2H3,(H,29,30). The lowest BCUT2D eigenvalue weighted by atomic mass is 9.85. The van der Waals surface area contributed by atoms with Crippen molar-refractivity contribution in [2.24, 2.45) is 0 Å². The maximum atomic E-state index is 13.0. The fraction of sp³-hybridized carbons (Fsp3) is 0.182. The van der Waals surface area contributed by atoms with Crippen LogP contribution in [0.1, 0.15) is 30.9 Å². The molecule has 1 N–H and O–H groups in total. The number of hydrogen-bond donors (Lipinski definition) is 1. The summed E-state index contributed by atoms with van der Waals surface area (Å²) >= 11 is 0. The molecule has 0 fully saturated rings. The molecule has 0 aliphatic carbocycles. The Balaban J connectivity index is 1.67. The topological polar surface area (TPSA) is 72.3 Å². The van der Waals surface area contributed by atoms with Gasteiger partial charge in [0.05, 0.1) is 16.7 Å². The van der Waals surface area contributed by atoms with Crippen LogP contribution in [0.2, 0.25) is 0 Å². The number of pyridine rings is 3.